The van der Waals surface area contributed by atoms with Gasteiger partial charge in [-0.15, -0.1) is 0 Å². The summed E-state index contributed by atoms with van der Waals surface area (Å²) in [7, 11) is 0. The average Bonchev–Trinajstić information content (AvgIpc) is 2.86. The summed E-state index contributed by atoms with van der Waals surface area (Å²) >= 11 is 1.40. The van der Waals surface area contributed by atoms with Crippen LogP contribution in [0.1, 0.15) is 30.3 Å². The van der Waals surface area contributed by atoms with Crippen LogP contribution < -0.4 is 11.1 Å². The fraction of sp³-hybridized carbons (Fsp3) is 0.429. The van der Waals surface area contributed by atoms with E-state index < -0.39 is 0 Å². The number of hydrogen-bond acceptors (Lipinski definition) is 5. The maximum atomic E-state index is 5.86. The quantitative estimate of drug-likeness (QED) is 0.851. The van der Waals surface area contributed by atoms with Crippen LogP contribution in [-0.4, -0.2) is 21.9 Å². The van der Waals surface area contributed by atoms with Crippen LogP contribution in [0.5, 0.6) is 0 Å². The summed E-state index contributed by atoms with van der Waals surface area (Å²) < 4.78 is 4.38. The van der Waals surface area contributed by atoms with Gasteiger partial charge in [0.2, 0.25) is 5.13 Å². The van der Waals surface area contributed by atoms with Crippen molar-refractivity contribution >= 4 is 16.7 Å². The first-order valence-electron chi connectivity index (χ1n) is 6.55. The molecule has 0 radical (unpaired) electrons. The molecule has 0 saturated heterocycles. The van der Waals surface area contributed by atoms with Crippen LogP contribution >= 0.6 is 11.5 Å². The van der Waals surface area contributed by atoms with Gasteiger partial charge in [-0.25, -0.2) is 4.98 Å². The van der Waals surface area contributed by atoms with Gasteiger partial charge < -0.3 is 11.1 Å². The zero-order valence-electron chi connectivity index (χ0n) is 11.4. The lowest BCUT2D eigenvalue weighted by molar-refractivity contribution is 0.679. The summed E-state index contributed by atoms with van der Waals surface area (Å²) in [6, 6.07) is 8.50. The molecule has 1 aromatic carbocycles. The molecule has 2 aromatic rings. The van der Waals surface area contributed by atoms with Gasteiger partial charge in [-0.2, -0.15) is 4.37 Å². The van der Waals surface area contributed by atoms with E-state index in [0.717, 1.165) is 30.3 Å². The molecule has 5 heteroatoms. The van der Waals surface area contributed by atoms with Gasteiger partial charge in [-0.05, 0) is 24.5 Å². The highest BCUT2D eigenvalue weighted by Crippen LogP contribution is 2.16. The van der Waals surface area contributed by atoms with E-state index in [2.05, 4.69) is 40.7 Å². The Bertz CT molecular complexity index is 524. The summed E-state index contributed by atoms with van der Waals surface area (Å²) in [4.78, 5) is 4.49. The first kappa shape index (κ1) is 14.0. The molecule has 0 amide bonds. The summed E-state index contributed by atoms with van der Waals surface area (Å²) in [5, 5.41) is 4.09. The number of nitrogens with two attached hydrogens (primary N) is 1. The molecule has 3 N–H and O–H groups in total. The Balaban J connectivity index is 1.96. The molecule has 1 heterocycles. The fourth-order valence-electron chi connectivity index (χ4n) is 1.74. The number of aryl methyl sites for hydroxylation is 1. The summed E-state index contributed by atoms with van der Waals surface area (Å²) in [5.74, 6) is 0.867. The molecule has 0 aliphatic rings. The minimum atomic E-state index is 0.170. The predicted octanol–water partition coefficient (Wildman–Crippen LogP) is 2.59. The monoisotopic (exact) mass is 276 g/mol. The largest absolute Gasteiger partial charge is 0.359 e. The van der Waals surface area contributed by atoms with Crippen molar-refractivity contribution < 1.29 is 0 Å². The number of hydrogen-bond donors (Lipinski definition) is 2. The zero-order valence-corrected chi connectivity index (χ0v) is 12.2. The summed E-state index contributed by atoms with van der Waals surface area (Å²) in [6.45, 7) is 4.94. The van der Waals surface area contributed by atoms with Crippen molar-refractivity contribution in [3.8, 4) is 0 Å². The second-order valence-corrected chi connectivity index (χ2v) is 5.42. The van der Waals surface area contributed by atoms with E-state index in [1.54, 1.807) is 0 Å². The molecule has 4 nitrogen and oxygen atoms in total. The number of nitrogens with one attached hydrogen (secondary N) is 1. The SMILES string of the molecule is CCC(N)CNc1nc(Cc2ccccc2C)ns1. The number of anilines is 1. The first-order valence-corrected chi connectivity index (χ1v) is 7.33. The van der Waals surface area contributed by atoms with E-state index in [9.17, 15) is 0 Å². The van der Waals surface area contributed by atoms with Crippen LogP contribution in [0.15, 0.2) is 24.3 Å². The van der Waals surface area contributed by atoms with Crippen molar-refractivity contribution in [3.63, 3.8) is 0 Å². The lowest BCUT2D eigenvalue weighted by atomic mass is 10.1. The van der Waals surface area contributed by atoms with Crippen LogP contribution in [0.4, 0.5) is 5.13 Å². The van der Waals surface area contributed by atoms with Crippen LogP contribution in [0.25, 0.3) is 0 Å². The van der Waals surface area contributed by atoms with Crippen LogP contribution in [0.3, 0.4) is 0 Å². The summed E-state index contributed by atoms with van der Waals surface area (Å²) in [5.41, 5.74) is 8.42. The predicted molar refractivity (Wildman–Crippen MR) is 80.7 cm³/mol. The molecule has 1 atom stereocenters. The maximum absolute atomic E-state index is 5.86. The van der Waals surface area contributed by atoms with Gasteiger partial charge in [-0.1, -0.05) is 31.2 Å². The lowest BCUT2D eigenvalue weighted by Gasteiger charge is -2.07. The Morgan fingerprint density at radius 1 is 1.37 bits per heavy atom. The maximum Gasteiger partial charge on any atom is 0.202 e. The highest BCUT2D eigenvalue weighted by atomic mass is 32.1. The third-order valence-corrected chi connectivity index (χ3v) is 3.83. The highest BCUT2D eigenvalue weighted by Gasteiger charge is 2.07. The molecule has 0 aliphatic carbocycles. The number of aromatic nitrogens is 2. The average molecular weight is 276 g/mol. The molecule has 1 unspecified atom stereocenters. The molecular weight excluding hydrogens is 256 g/mol. The lowest BCUT2D eigenvalue weighted by Crippen LogP contribution is -2.27. The van der Waals surface area contributed by atoms with E-state index in [4.69, 9.17) is 5.73 Å². The first-order chi connectivity index (χ1) is 9.19. The Hall–Kier alpha value is -1.46. The van der Waals surface area contributed by atoms with Gasteiger partial charge in [0.1, 0.15) is 5.82 Å². The number of rotatable bonds is 6. The van der Waals surface area contributed by atoms with Gasteiger partial charge in [0.25, 0.3) is 0 Å². The highest BCUT2D eigenvalue weighted by molar-refractivity contribution is 7.09. The Morgan fingerprint density at radius 2 is 2.16 bits per heavy atom. The Morgan fingerprint density at radius 3 is 2.89 bits per heavy atom. The number of nitrogens with zero attached hydrogens (tertiary/aromatic N) is 2. The molecule has 0 bridgehead atoms. The van der Waals surface area contributed by atoms with Crippen LogP contribution in [0, 0.1) is 6.92 Å². The van der Waals surface area contributed by atoms with Crippen molar-refractivity contribution in [2.24, 2.45) is 5.73 Å². The van der Waals surface area contributed by atoms with Crippen molar-refractivity contribution in [2.45, 2.75) is 32.7 Å². The molecular formula is C14H20N4S. The van der Waals surface area contributed by atoms with Gasteiger partial charge in [0.05, 0.1) is 0 Å². The molecule has 2 rings (SSSR count). The van der Waals surface area contributed by atoms with E-state index in [1.807, 2.05) is 12.1 Å². The second kappa shape index (κ2) is 6.63. The van der Waals surface area contributed by atoms with E-state index in [0.29, 0.717) is 0 Å². The minimum absolute atomic E-state index is 0.170. The van der Waals surface area contributed by atoms with Gasteiger partial charge in [0, 0.05) is 30.5 Å². The molecule has 0 aliphatic heterocycles. The third kappa shape index (κ3) is 4.01. The standard InChI is InChI=1S/C14H20N4S/c1-3-12(15)9-16-14-17-13(18-19-14)8-11-7-5-4-6-10(11)2/h4-7,12H,3,8-9,15H2,1-2H3,(H,16,17,18). The van der Waals surface area contributed by atoms with Gasteiger partial charge >= 0.3 is 0 Å². The van der Waals surface area contributed by atoms with Crippen molar-refractivity contribution in [1.29, 1.82) is 0 Å². The molecule has 1 aromatic heterocycles. The molecule has 0 saturated carbocycles. The van der Waals surface area contributed by atoms with E-state index in [1.165, 1.54) is 22.7 Å². The Labute approximate surface area is 118 Å². The normalized spacial score (nSPS) is 12.4. The van der Waals surface area contributed by atoms with Crippen LogP contribution in [-0.2, 0) is 6.42 Å². The van der Waals surface area contributed by atoms with Gasteiger partial charge in [-0.3, -0.25) is 0 Å². The Kier molecular flexibility index (Phi) is 4.87. The second-order valence-electron chi connectivity index (χ2n) is 4.67. The zero-order chi connectivity index (χ0) is 13.7. The minimum Gasteiger partial charge on any atom is -0.359 e. The molecule has 0 spiro atoms. The topological polar surface area (TPSA) is 63.8 Å². The van der Waals surface area contributed by atoms with Crippen LogP contribution in [0.2, 0.25) is 0 Å². The van der Waals surface area contributed by atoms with Gasteiger partial charge in [0.15, 0.2) is 0 Å². The van der Waals surface area contributed by atoms with Crippen molar-refractivity contribution in [3.05, 3.63) is 41.2 Å². The third-order valence-electron chi connectivity index (χ3n) is 3.12. The van der Waals surface area contributed by atoms with E-state index in [-0.39, 0.29) is 6.04 Å². The van der Waals surface area contributed by atoms with Crippen molar-refractivity contribution in [1.82, 2.24) is 9.36 Å². The summed E-state index contributed by atoms with van der Waals surface area (Å²) in [6.07, 6.45) is 1.74. The molecule has 0 fully saturated rings. The smallest absolute Gasteiger partial charge is 0.202 e. The van der Waals surface area contributed by atoms with E-state index >= 15 is 0 Å². The fourth-order valence-corrected chi connectivity index (χ4v) is 2.33. The number of benzene rings is 1. The molecule has 102 valence electrons. The molecule has 19 heavy (non-hydrogen) atoms. The van der Waals surface area contributed by atoms with Crippen molar-refractivity contribution in [2.75, 3.05) is 11.9 Å².